The van der Waals surface area contributed by atoms with Crippen molar-refractivity contribution in [1.82, 2.24) is 4.98 Å². The second-order valence-corrected chi connectivity index (χ2v) is 6.63. The highest BCUT2D eigenvalue weighted by molar-refractivity contribution is 5.85. The average Bonchev–Trinajstić information content (AvgIpc) is 2.45. The fourth-order valence-electron chi connectivity index (χ4n) is 2.83. The van der Waals surface area contributed by atoms with E-state index in [0.717, 1.165) is 17.5 Å². The smallest absolute Gasteiger partial charge is 0.328 e. The Bertz CT molecular complexity index is 510. The van der Waals surface area contributed by atoms with E-state index in [1.807, 2.05) is 12.1 Å². The van der Waals surface area contributed by atoms with E-state index < -0.39 is 5.97 Å². The standard InChI is InChI=1S/C17H24N2O2/c1-17(2)10-8-14(9-11-17)19(3)15-6-4-13(12-18-15)5-7-16(20)21/h4-7,12,14H,8-11H2,1-3H3,(H,20,21)/b7-5+. The van der Waals surface area contributed by atoms with Crippen LogP contribution in [0.5, 0.6) is 0 Å². The van der Waals surface area contributed by atoms with Crippen LogP contribution in [0.1, 0.15) is 45.1 Å². The molecule has 0 unspecified atom stereocenters. The molecule has 0 bridgehead atoms. The zero-order valence-corrected chi connectivity index (χ0v) is 13.0. The number of carboxylic acids is 1. The lowest BCUT2D eigenvalue weighted by atomic mass is 9.75. The molecule has 1 aliphatic carbocycles. The summed E-state index contributed by atoms with van der Waals surface area (Å²) in [5.74, 6) is 0.00759. The molecule has 1 N–H and O–H groups in total. The SMILES string of the molecule is CN(c1ccc(/C=C/C(=O)O)cn1)C1CCC(C)(C)CC1. The van der Waals surface area contributed by atoms with Gasteiger partial charge in [-0.15, -0.1) is 0 Å². The largest absolute Gasteiger partial charge is 0.478 e. The van der Waals surface area contributed by atoms with Crippen molar-refractivity contribution in [1.29, 1.82) is 0 Å². The van der Waals surface area contributed by atoms with E-state index in [9.17, 15) is 4.79 Å². The molecule has 0 aromatic carbocycles. The third kappa shape index (κ3) is 4.31. The topological polar surface area (TPSA) is 53.4 Å². The van der Waals surface area contributed by atoms with Crippen LogP contribution in [0.25, 0.3) is 6.08 Å². The van der Waals surface area contributed by atoms with Crippen LogP contribution in [-0.2, 0) is 4.79 Å². The first-order chi connectivity index (χ1) is 9.87. The van der Waals surface area contributed by atoms with Crippen LogP contribution in [0.15, 0.2) is 24.4 Å². The Morgan fingerprint density at radius 1 is 1.38 bits per heavy atom. The van der Waals surface area contributed by atoms with Gasteiger partial charge in [0.25, 0.3) is 0 Å². The number of aromatic nitrogens is 1. The summed E-state index contributed by atoms with van der Waals surface area (Å²) in [5.41, 5.74) is 1.27. The van der Waals surface area contributed by atoms with Gasteiger partial charge in [-0.25, -0.2) is 9.78 Å². The van der Waals surface area contributed by atoms with Crippen LogP contribution in [0, 0.1) is 5.41 Å². The third-order valence-corrected chi connectivity index (χ3v) is 4.41. The molecular weight excluding hydrogens is 264 g/mol. The Hall–Kier alpha value is -1.84. The van der Waals surface area contributed by atoms with Crippen LogP contribution >= 0.6 is 0 Å². The number of pyridine rings is 1. The van der Waals surface area contributed by atoms with E-state index in [4.69, 9.17) is 5.11 Å². The van der Waals surface area contributed by atoms with Crippen LogP contribution in [0.2, 0.25) is 0 Å². The van der Waals surface area contributed by atoms with Gasteiger partial charge in [-0.3, -0.25) is 0 Å². The van der Waals surface area contributed by atoms with Gasteiger partial charge >= 0.3 is 5.97 Å². The first-order valence-corrected chi connectivity index (χ1v) is 7.47. The molecule has 0 amide bonds. The number of anilines is 1. The van der Waals surface area contributed by atoms with E-state index in [0.29, 0.717) is 11.5 Å². The molecule has 1 aliphatic rings. The van der Waals surface area contributed by atoms with Crippen molar-refractivity contribution in [2.24, 2.45) is 5.41 Å². The van der Waals surface area contributed by atoms with Crippen molar-refractivity contribution in [2.75, 3.05) is 11.9 Å². The fourth-order valence-corrected chi connectivity index (χ4v) is 2.83. The summed E-state index contributed by atoms with van der Waals surface area (Å²) in [4.78, 5) is 17.2. The van der Waals surface area contributed by atoms with E-state index in [2.05, 4.69) is 30.8 Å². The molecule has 0 spiro atoms. The number of rotatable bonds is 4. The summed E-state index contributed by atoms with van der Waals surface area (Å²) >= 11 is 0. The molecule has 1 saturated carbocycles. The average molecular weight is 288 g/mol. The van der Waals surface area contributed by atoms with E-state index >= 15 is 0 Å². The van der Waals surface area contributed by atoms with Crippen LogP contribution in [-0.4, -0.2) is 29.1 Å². The third-order valence-electron chi connectivity index (χ3n) is 4.41. The van der Waals surface area contributed by atoms with Gasteiger partial charge in [0.05, 0.1) is 0 Å². The molecule has 1 aromatic heterocycles. The Morgan fingerprint density at radius 3 is 2.57 bits per heavy atom. The van der Waals surface area contributed by atoms with Crippen LogP contribution < -0.4 is 4.90 Å². The summed E-state index contributed by atoms with van der Waals surface area (Å²) in [6.07, 6.45) is 9.31. The highest BCUT2D eigenvalue weighted by Crippen LogP contribution is 2.37. The van der Waals surface area contributed by atoms with Gasteiger partial charge in [0.2, 0.25) is 0 Å². The van der Waals surface area contributed by atoms with E-state index in [1.54, 1.807) is 12.3 Å². The van der Waals surface area contributed by atoms with Gasteiger partial charge in [-0.05, 0) is 54.9 Å². The quantitative estimate of drug-likeness (QED) is 0.860. The van der Waals surface area contributed by atoms with Crippen molar-refractivity contribution >= 4 is 17.9 Å². The minimum Gasteiger partial charge on any atom is -0.478 e. The van der Waals surface area contributed by atoms with Gasteiger partial charge in [0, 0.05) is 25.4 Å². The van der Waals surface area contributed by atoms with Gasteiger partial charge in [-0.2, -0.15) is 0 Å². The predicted molar refractivity (Wildman–Crippen MR) is 85.3 cm³/mol. The maximum atomic E-state index is 10.5. The summed E-state index contributed by atoms with van der Waals surface area (Å²) in [6.45, 7) is 4.68. The normalized spacial score (nSPS) is 18.8. The van der Waals surface area contributed by atoms with Gasteiger partial charge in [0.15, 0.2) is 0 Å². The molecule has 2 rings (SSSR count). The number of nitrogens with zero attached hydrogens (tertiary/aromatic N) is 2. The lowest BCUT2D eigenvalue weighted by Gasteiger charge is -2.39. The number of aliphatic carboxylic acids is 1. The molecule has 4 nitrogen and oxygen atoms in total. The van der Waals surface area contributed by atoms with Crippen molar-refractivity contribution in [2.45, 2.75) is 45.6 Å². The van der Waals surface area contributed by atoms with Crippen molar-refractivity contribution < 1.29 is 9.90 Å². The maximum absolute atomic E-state index is 10.5. The zero-order chi connectivity index (χ0) is 15.5. The van der Waals surface area contributed by atoms with Gasteiger partial charge in [0.1, 0.15) is 5.82 Å². The summed E-state index contributed by atoms with van der Waals surface area (Å²) < 4.78 is 0. The number of hydrogen-bond donors (Lipinski definition) is 1. The minimum atomic E-state index is -0.944. The van der Waals surface area contributed by atoms with Crippen molar-refractivity contribution in [3.05, 3.63) is 30.0 Å². The van der Waals surface area contributed by atoms with Crippen molar-refractivity contribution in [3.63, 3.8) is 0 Å². The number of carboxylic acid groups (broad SMARTS) is 1. The zero-order valence-electron chi connectivity index (χ0n) is 13.0. The van der Waals surface area contributed by atoms with Crippen LogP contribution in [0.4, 0.5) is 5.82 Å². The Balaban J connectivity index is 2.00. The highest BCUT2D eigenvalue weighted by atomic mass is 16.4. The summed E-state index contributed by atoms with van der Waals surface area (Å²) in [6, 6.07) is 4.41. The van der Waals surface area contributed by atoms with E-state index in [-0.39, 0.29) is 0 Å². The lowest BCUT2D eigenvalue weighted by Crippen LogP contribution is -2.37. The maximum Gasteiger partial charge on any atom is 0.328 e. The molecule has 4 heteroatoms. The van der Waals surface area contributed by atoms with Gasteiger partial charge < -0.3 is 10.0 Å². The molecular formula is C17H24N2O2. The molecule has 1 fully saturated rings. The predicted octanol–water partition coefficient (Wildman–Crippen LogP) is 3.58. The second-order valence-electron chi connectivity index (χ2n) is 6.63. The number of carbonyl (C=O) groups is 1. The lowest BCUT2D eigenvalue weighted by molar-refractivity contribution is -0.131. The molecule has 21 heavy (non-hydrogen) atoms. The molecule has 0 aliphatic heterocycles. The molecule has 0 atom stereocenters. The molecule has 1 heterocycles. The highest BCUT2D eigenvalue weighted by Gasteiger charge is 2.29. The minimum absolute atomic E-state index is 0.469. The van der Waals surface area contributed by atoms with Crippen molar-refractivity contribution in [3.8, 4) is 0 Å². The molecule has 0 radical (unpaired) electrons. The molecule has 0 saturated heterocycles. The van der Waals surface area contributed by atoms with Crippen LogP contribution in [0.3, 0.4) is 0 Å². The summed E-state index contributed by atoms with van der Waals surface area (Å²) in [7, 11) is 2.10. The first-order valence-electron chi connectivity index (χ1n) is 7.47. The molecule has 1 aromatic rings. The fraction of sp³-hybridized carbons (Fsp3) is 0.529. The Kier molecular flexibility index (Phi) is 4.66. The first kappa shape index (κ1) is 15.5. The Morgan fingerprint density at radius 2 is 2.05 bits per heavy atom. The molecule has 114 valence electrons. The Labute approximate surface area is 126 Å². The summed E-state index contributed by atoms with van der Waals surface area (Å²) in [5, 5.41) is 8.61. The number of hydrogen-bond acceptors (Lipinski definition) is 3. The van der Waals surface area contributed by atoms with E-state index in [1.165, 1.54) is 25.7 Å². The second kappa shape index (κ2) is 6.29. The monoisotopic (exact) mass is 288 g/mol. The van der Waals surface area contributed by atoms with Gasteiger partial charge in [-0.1, -0.05) is 13.8 Å².